The molecular formula is C15H27NO4. The maximum atomic E-state index is 11.9. The highest BCUT2D eigenvalue weighted by molar-refractivity contribution is 5.71. The minimum Gasteiger partial charge on any atom is -0.460 e. The third-order valence-corrected chi connectivity index (χ3v) is 2.81. The zero-order valence-corrected chi connectivity index (χ0v) is 13.5. The van der Waals surface area contributed by atoms with Gasteiger partial charge in [-0.15, -0.1) is 0 Å². The summed E-state index contributed by atoms with van der Waals surface area (Å²) in [6.07, 6.45) is 0.874. The van der Waals surface area contributed by atoms with Crippen LogP contribution in [-0.2, 0) is 14.3 Å². The molecule has 1 atom stereocenters. The summed E-state index contributed by atoms with van der Waals surface area (Å²) in [6, 6.07) is 0. The molecule has 0 unspecified atom stereocenters. The first-order valence-electron chi connectivity index (χ1n) is 7.16. The average Bonchev–Trinajstić information content (AvgIpc) is 2.59. The number of esters is 1. The van der Waals surface area contributed by atoms with Gasteiger partial charge in [0.15, 0.2) is 0 Å². The standard InChI is InChI=1S/C15H27NO4/c1-14(2,3)19-12(17)9-11-7-8-16(10-11)13(18)20-15(4,5)6/h11H,7-10H2,1-6H3/t11-/m0/s1. The fourth-order valence-corrected chi connectivity index (χ4v) is 2.11. The van der Waals surface area contributed by atoms with Crippen LogP contribution in [0, 0.1) is 5.92 Å². The Balaban J connectivity index is 2.40. The van der Waals surface area contributed by atoms with E-state index in [4.69, 9.17) is 9.47 Å². The summed E-state index contributed by atoms with van der Waals surface area (Å²) in [5, 5.41) is 0. The lowest BCUT2D eigenvalue weighted by molar-refractivity contribution is -0.155. The Labute approximate surface area is 121 Å². The largest absolute Gasteiger partial charge is 0.460 e. The smallest absolute Gasteiger partial charge is 0.410 e. The summed E-state index contributed by atoms with van der Waals surface area (Å²) in [6.45, 7) is 12.3. The third kappa shape index (κ3) is 6.26. The van der Waals surface area contributed by atoms with Crippen LogP contribution in [-0.4, -0.2) is 41.3 Å². The van der Waals surface area contributed by atoms with Gasteiger partial charge < -0.3 is 14.4 Å². The topological polar surface area (TPSA) is 55.8 Å². The van der Waals surface area contributed by atoms with Crippen molar-refractivity contribution in [3.05, 3.63) is 0 Å². The van der Waals surface area contributed by atoms with Gasteiger partial charge in [-0.1, -0.05) is 0 Å². The molecule has 1 rings (SSSR count). The van der Waals surface area contributed by atoms with E-state index in [9.17, 15) is 9.59 Å². The van der Waals surface area contributed by atoms with Gasteiger partial charge in [-0.3, -0.25) is 4.79 Å². The van der Waals surface area contributed by atoms with Gasteiger partial charge in [0, 0.05) is 13.1 Å². The molecule has 116 valence electrons. The Morgan fingerprint density at radius 2 is 1.60 bits per heavy atom. The lowest BCUT2D eigenvalue weighted by Gasteiger charge is -2.24. The van der Waals surface area contributed by atoms with Crippen LogP contribution >= 0.6 is 0 Å². The number of nitrogens with zero attached hydrogens (tertiary/aromatic N) is 1. The minimum absolute atomic E-state index is 0.164. The molecule has 1 saturated heterocycles. The highest BCUT2D eigenvalue weighted by Crippen LogP contribution is 2.23. The Kier molecular flexibility index (Phi) is 5.05. The molecule has 1 heterocycles. The summed E-state index contributed by atoms with van der Waals surface area (Å²) < 4.78 is 10.6. The van der Waals surface area contributed by atoms with Gasteiger partial charge in [0.2, 0.25) is 0 Å². The van der Waals surface area contributed by atoms with E-state index in [1.807, 2.05) is 41.5 Å². The Morgan fingerprint density at radius 1 is 1.05 bits per heavy atom. The number of carbonyl (C=O) groups is 2. The van der Waals surface area contributed by atoms with Crippen molar-refractivity contribution in [2.45, 2.75) is 65.6 Å². The van der Waals surface area contributed by atoms with Gasteiger partial charge in [-0.05, 0) is 53.9 Å². The van der Waals surface area contributed by atoms with Crippen LogP contribution in [0.3, 0.4) is 0 Å². The number of hydrogen-bond acceptors (Lipinski definition) is 4. The third-order valence-electron chi connectivity index (χ3n) is 2.81. The first-order valence-corrected chi connectivity index (χ1v) is 7.16. The maximum Gasteiger partial charge on any atom is 0.410 e. The first-order chi connectivity index (χ1) is 8.96. The average molecular weight is 285 g/mol. The van der Waals surface area contributed by atoms with E-state index < -0.39 is 11.2 Å². The molecule has 0 aromatic rings. The molecule has 1 aliphatic heterocycles. The first kappa shape index (κ1) is 16.8. The molecule has 0 aromatic heterocycles. The van der Waals surface area contributed by atoms with Gasteiger partial charge in [0.05, 0.1) is 6.42 Å². The predicted molar refractivity (Wildman–Crippen MR) is 76.4 cm³/mol. The van der Waals surface area contributed by atoms with Gasteiger partial charge in [-0.25, -0.2) is 4.79 Å². The van der Waals surface area contributed by atoms with E-state index in [1.54, 1.807) is 4.90 Å². The molecule has 1 amide bonds. The van der Waals surface area contributed by atoms with E-state index in [1.165, 1.54) is 0 Å². The second kappa shape index (κ2) is 6.02. The number of likely N-dealkylation sites (tertiary alicyclic amines) is 1. The summed E-state index contributed by atoms with van der Waals surface area (Å²) in [5.74, 6) is -0.0362. The monoisotopic (exact) mass is 285 g/mol. The van der Waals surface area contributed by atoms with Crippen LogP contribution in [0.5, 0.6) is 0 Å². The van der Waals surface area contributed by atoms with Gasteiger partial charge in [0.25, 0.3) is 0 Å². The Morgan fingerprint density at radius 3 is 2.10 bits per heavy atom. The van der Waals surface area contributed by atoms with Crippen molar-refractivity contribution in [1.82, 2.24) is 4.90 Å². The van der Waals surface area contributed by atoms with Crippen molar-refractivity contribution in [3.63, 3.8) is 0 Å². The van der Waals surface area contributed by atoms with E-state index in [0.29, 0.717) is 19.5 Å². The van der Waals surface area contributed by atoms with Gasteiger partial charge >= 0.3 is 12.1 Å². The summed E-state index contributed by atoms with van der Waals surface area (Å²) in [5.41, 5.74) is -0.944. The van der Waals surface area contributed by atoms with Crippen LogP contribution in [0.2, 0.25) is 0 Å². The van der Waals surface area contributed by atoms with Crippen LogP contribution < -0.4 is 0 Å². The quantitative estimate of drug-likeness (QED) is 0.732. The molecule has 5 nitrogen and oxygen atoms in total. The van der Waals surface area contributed by atoms with Crippen LogP contribution in [0.25, 0.3) is 0 Å². The van der Waals surface area contributed by atoms with Crippen molar-refractivity contribution >= 4 is 12.1 Å². The predicted octanol–water partition coefficient (Wildman–Crippen LogP) is 2.98. The van der Waals surface area contributed by atoms with Crippen molar-refractivity contribution < 1.29 is 19.1 Å². The second-order valence-corrected chi connectivity index (χ2v) is 7.37. The van der Waals surface area contributed by atoms with Gasteiger partial charge in [0.1, 0.15) is 11.2 Å². The highest BCUT2D eigenvalue weighted by atomic mass is 16.6. The molecule has 0 aromatic carbocycles. The normalized spacial score (nSPS) is 19.9. The van der Waals surface area contributed by atoms with E-state index >= 15 is 0 Å². The number of amides is 1. The highest BCUT2D eigenvalue weighted by Gasteiger charge is 2.31. The number of rotatable bonds is 2. The fourth-order valence-electron chi connectivity index (χ4n) is 2.11. The molecule has 5 heteroatoms. The molecule has 0 aliphatic carbocycles. The summed E-state index contributed by atoms with van der Waals surface area (Å²) in [7, 11) is 0. The van der Waals surface area contributed by atoms with Crippen LogP contribution in [0.4, 0.5) is 4.79 Å². The van der Waals surface area contributed by atoms with E-state index in [0.717, 1.165) is 6.42 Å². The van der Waals surface area contributed by atoms with Crippen molar-refractivity contribution in [2.75, 3.05) is 13.1 Å². The molecule has 0 N–H and O–H groups in total. The maximum absolute atomic E-state index is 11.9. The van der Waals surface area contributed by atoms with E-state index in [2.05, 4.69) is 0 Å². The summed E-state index contributed by atoms with van der Waals surface area (Å²) in [4.78, 5) is 25.3. The van der Waals surface area contributed by atoms with Crippen molar-refractivity contribution in [1.29, 1.82) is 0 Å². The van der Waals surface area contributed by atoms with Crippen molar-refractivity contribution in [3.8, 4) is 0 Å². The number of ether oxygens (including phenoxy) is 2. The SMILES string of the molecule is CC(C)(C)OC(=O)C[C@@H]1CCN(C(=O)OC(C)(C)C)C1. The minimum atomic E-state index is -0.486. The number of carbonyl (C=O) groups excluding carboxylic acids is 2. The Hall–Kier alpha value is -1.26. The van der Waals surface area contributed by atoms with Crippen molar-refractivity contribution in [2.24, 2.45) is 5.92 Å². The zero-order chi connectivity index (χ0) is 15.6. The fraction of sp³-hybridized carbons (Fsp3) is 0.867. The molecule has 1 aliphatic rings. The Bertz CT molecular complexity index is 365. The van der Waals surface area contributed by atoms with Crippen LogP contribution in [0.15, 0.2) is 0 Å². The molecular weight excluding hydrogens is 258 g/mol. The molecule has 0 spiro atoms. The molecule has 0 bridgehead atoms. The zero-order valence-electron chi connectivity index (χ0n) is 13.5. The molecule has 0 radical (unpaired) electrons. The van der Waals surface area contributed by atoms with E-state index in [-0.39, 0.29) is 18.0 Å². The summed E-state index contributed by atoms with van der Waals surface area (Å²) >= 11 is 0. The number of hydrogen-bond donors (Lipinski definition) is 0. The molecule has 1 fully saturated rings. The molecule has 0 saturated carbocycles. The van der Waals surface area contributed by atoms with Crippen LogP contribution in [0.1, 0.15) is 54.4 Å². The van der Waals surface area contributed by atoms with Gasteiger partial charge in [-0.2, -0.15) is 0 Å². The second-order valence-electron chi connectivity index (χ2n) is 7.37. The lowest BCUT2D eigenvalue weighted by Crippen LogP contribution is -2.35. The lowest BCUT2D eigenvalue weighted by atomic mass is 10.1. The molecule has 20 heavy (non-hydrogen) atoms.